The number of likely N-dealkylation sites (N-methyl/N-ethyl adjacent to an activating group) is 1. The van der Waals surface area contributed by atoms with E-state index in [1.807, 2.05) is 13.8 Å². The number of ether oxygens (including phenoxy) is 1. The molecule has 4 nitrogen and oxygen atoms in total. The lowest BCUT2D eigenvalue weighted by atomic mass is 9.95. The molecule has 2 heterocycles. The number of aldehydes is 1. The maximum Gasteiger partial charge on any atom is 0.148 e. The Morgan fingerprint density at radius 3 is 2.26 bits per heavy atom. The van der Waals surface area contributed by atoms with Crippen LogP contribution in [0.2, 0.25) is 0 Å². The number of likely N-dealkylation sites (tertiary alicyclic amines) is 1. The van der Waals surface area contributed by atoms with Gasteiger partial charge in [-0.05, 0) is 43.5 Å². The normalized spacial score (nSPS) is 23.2. The van der Waals surface area contributed by atoms with Crippen LogP contribution in [-0.2, 0) is 16.0 Å². The Labute approximate surface area is 204 Å². The molecular formula is C25H34F4N2O2S. The van der Waals surface area contributed by atoms with Crippen LogP contribution in [0.1, 0.15) is 25.8 Å². The molecule has 4 atom stereocenters. The number of rotatable bonds is 4. The first-order chi connectivity index (χ1) is 16.3. The van der Waals surface area contributed by atoms with Gasteiger partial charge in [0.2, 0.25) is 0 Å². The van der Waals surface area contributed by atoms with Crippen molar-refractivity contribution in [1.29, 1.82) is 0 Å². The molecule has 2 aromatic carbocycles. The summed E-state index contributed by atoms with van der Waals surface area (Å²) in [4.78, 5) is 11.4. The second kappa shape index (κ2) is 15.1. The van der Waals surface area contributed by atoms with Crippen LogP contribution in [0.4, 0.5) is 17.6 Å². The zero-order chi connectivity index (χ0) is 25.8. The van der Waals surface area contributed by atoms with Gasteiger partial charge < -0.3 is 15.3 Å². The molecule has 2 saturated heterocycles. The largest absolute Gasteiger partial charge is 0.371 e. The number of benzene rings is 2. The summed E-state index contributed by atoms with van der Waals surface area (Å²) in [5.74, 6) is -1.98. The van der Waals surface area contributed by atoms with Crippen molar-refractivity contribution in [1.82, 2.24) is 4.90 Å². The van der Waals surface area contributed by atoms with Crippen LogP contribution in [0.3, 0.4) is 0 Å². The first-order valence-electron chi connectivity index (χ1n) is 11.2. The maximum atomic E-state index is 14.8. The van der Waals surface area contributed by atoms with Crippen molar-refractivity contribution in [2.45, 2.75) is 51.0 Å². The molecule has 0 amide bonds. The lowest BCUT2D eigenvalue weighted by Gasteiger charge is -2.23. The Bertz CT molecular complexity index is 899. The summed E-state index contributed by atoms with van der Waals surface area (Å²) < 4.78 is 60.6. The number of nitrogens with zero attached hydrogens (tertiary/aromatic N) is 1. The first-order valence-corrected chi connectivity index (χ1v) is 12.1. The molecule has 0 bridgehead atoms. The number of carbonyl (C=O) groups excluding carboxylic acids is 1. The van der Waals surface area contributed by atoms with E-state index in [1.54, 1.807) is 30.3 Å². The molecule has 2 aliphatic rings. The van der Waals surface area contributed by atoms with Crippen molar-refractivity contribution in [3.8, 4) is 11.1 Å². The molecule has 0 radical (unpaired) electrons. The highest BCUT2D eigenvalue weighted by Crippen LogP contribution is 2.30. The van der Waals surface area contributed by atoms with Crippen molar-refractivity contribution in [3.63, 3.8) is 0 Å². The minimum absolute atomic E-state index is 0.0180. The van der Waals surface area contributed by atoms with E-state index in [-0.39, 0.29) is 36.2 Å². The number of carbonyl (C=O) groups is 1. The van der Waals surface area contributed by atoms with E-state index in [0.717, 1.165) is 37.5 Å². The fraction of sp³-hybridized carbons (Fsp3) is 0.480. The predicted octanol–water partition coefficient (Wildman–Crippen LogP) is 4.84. The number of hydrogen-bond acceptors (Lipinski definition) is 5. The Kier molecular flexibility index (Phi) is 13.4. The van der Waals surface area contributed by atoms with Crippen LogP contribution in [0.25, 0.3) is 11.1 Å². The van der Waals surface area contributed by atoms with Gasteiger partial charge in [-0.1, -0.05) is 32.0 Å². The average Bonchev–Trinajstić information content (AvgIpc) is 3.05. The SMILES string of the molecule is CC.CN1CC(F)C(N)C1Cc1cccc(-c2cc(F)ccc2F)c1F.CS.O=CC1CCO1. The molecular weight excluding hydrogens is 468 g/mol. The smallest absolute Gasteiger partial charge is 0.148 e. The second-order valence-corrected chi connectivity index (χ2v) is 7.54. The zero-order valence-electron chi connectivity index (χ0n) is 20.0. The third-order valence-electron chi connectivity index (χ3n) is 5.50. The summed E-state index contributed by atoms with van der Waals surface area (Å²) in [6.45, 7) is 4.97. The summed E-state index contributed by atoms with van der Waals surface area (Å²) in [5, 5.41) is 0. The molecule has 2 aliphatic heterocycles. The van der Waals surface area contributed by atoms with Gasteiger partial charge >= 0.3 is 0 Å². The van der Waals surface area contributed by atoms with Gasteiger partial charge in [0.1, 0.15) is 36.0 Å². The van der Waals surface area contributed by atoms with E-state index in [4.69, 9.17) is 10.5 Å². The summed E-state index contributed by atoms with van der Waals surface area (Å²) >= 11 is 3.53. The van der Waals surface area contributed by atoms with Crippen molar-refractivity contribution < 1.29 is 27.1 Å². The van der Waals surface area contributed by atoms with Crippen molar-refractivity contribution >= 4 is 18.9 Å². The van der Waals surface area contributed by atoms with Crippen LogP contribution in [0, 0.1) is 17.5 Å². The molecule has 0 saturated carbocycles. The Balaban J connectivity index is 0.000000489. The Morgan fingerprint density at radius 1 is 1.15 bits per heavy atom. The monoisotopic (exact) mass is 502 g/mol. The third kappa shape index (κ3) is 7.80. The summed E-state index contributed by atoms with van der Waals surface area (Å²) in [6, 6.07) is 6.38. The van der Waals surface area contributed by atoms with Gasteiger partial charge in [0, 0.05) is 30.1 Å². The quantitative estimate of drug-likeness (QED) is 0.357. The number of thiol groups is 1. The van der Waals surface area contributed by atoms with Gasteiger partial charge in [-0.2, -0.15) is 12.6 Å². The molecule has 0 aliphatic carbocycles. The second-order valence-electron chi connectivity index (χ2n) is 7.54. The van der Waals surface area contributed by atoms with E-state index < -0.39 is 29.7 Å². The minimum atomic E-state index is -1.16. The Hall–Kier alpha value is -1.94. The molecule has 0 aromatic heterocycles. The Morgan fingerprint density at radius 2 is 1.79 bits per heavy atom. The van der Waals surface area contributed by atoms with E-state index in [0.29, 0.717) is 5.56 Å². The molecule has 190 valence electrons. The third-order valence-corrected chi connectivity index (χ3v) is 5.50. The van der Waals surface area contributed by atoms with Crippen molar-refractivity contribution in [3.05, 3.63) is 59.4 Å². The molecule has 2 aromatic rings. The number of nitrogens with two attached hydrogens (primary N) is 1. The average molecular weight is 503 g/mol. The molecule has 0 spiro atoms. The summed E-state index contributed by atoms with van der Waals surface area (Å²) in [5.41, 5.74) is 6.00. The molecule has 4 unspecified atom stereocenters. The van der Waals surface area contributed by atoms with Crippen LogP contribution in [-0.4, -0.2) is 62.0 Å². The number of hydrogen-bond donors (Lipinski definition) is 2. The molecule has 34 heavy (non-hydrogen) atoms. The topological polar surface area (TPSA) is 55.6 Å². The minimum Gasteiger partial charge on any atom is -0.371 e. The molecule has 2 N–H and O–H groups in total. The van der Waals surface area contributed by atoms with Crippen LogP contribution in [0.15, 0.2) is 36.4 Å². The lowest BCUT2D eigenvalue weighted by molar-refractivity contribution is -0.129. The van der Waals surface area contributed by atoms with Gasteiger partial charge in [0.05, 0.1) is 12.6 Å². The van der Waals surface area contributed by atoms with Crippen LogP contribution in [0.5, 0.6) is 0 Å². The number of alkyl halides is 1. The van der Waals surface area contributed by atoms with Gasteiger partial charge in [-0.25, -0.2) is 17.6 Å². The summed E-state index contributed by atoms with van der Waals surface area (Å²) in [6.07, 6.45) is 2.43. The van der Waals surface area contributed by atoms with E-state index in [1.165, 1.54) is 6.07 Å². The fourth-order valence-electron chi connectivity index (χ4n) is 3.59. The van der Waals surface area contributed by atoms with Gasteiger partial charge in [-0.3, -0.25) is 4.90 Å². The van der Waals surface area contributed by atoms with Crippen LogP contribution >= 0.6 is 12.6 Å². The summed E-state index contributed by atoms with van der Waals surface area (Å²) in [7, 11) is 1.73. The maximum absolute atomic E-state index is 14.8. The number of halogens is 4. The lowest BCUT2D eigenvalue weighted by Crippen LogP contribution is -2.41. The first kappa shape index (κ1) is 30.1. The highest BCUT2D eigenvalue weighted by molar-refractivity contribution is 7.79. The standard InChI is InChI=1S/C18H18F4N2.C4H6O2.C2H6.CH4S/c1-24-9-15(21)18(23)16(24)7-10-3-2-4-12(17(10)22)13-8-11(19)5-6-14(13)20;5-3-4-1-2-6-4;2*1-2/h2-6,8,15-16,18H,7,9,23H2,1H3;3-4H,1-2H2;1-2H3;2H,1H3. The molecule has 2 fully saturated rings. The predicted molar refractivity (Wildman–Crippen MR) is 131 cm³/mol. The van der Waals surface area contributed by atoms with E-state index in [9.17, 15) is 22.4 Å². The van der Waals surface area contributed by atoms with Gasteiger partial charge in [-0.15, -0.1) is 0 Å². The van der Waals surface area contributed by atoms with E-state index >= 15 is 0 Å². The van der Waals surface area contributed by atoms with Gasteiger partial charge in [0.25, 0.3) is 0 Å². The molecule has 4 rings (SSSR count). The highest BCUT2D eigenvalue weighted by atomic mass is 32.1. The van der Waals surface area contributed by atoms with Gasteiger partial charge in [0.15, 0.2) is 0 Å². The highest BCUT2D eigenvalue weighted by Gasteiger charge is 2.38. The van der Waals surface area contributed by atoms with Crippen LogP contribution < -0.4 is 5.73 Å². The zero-order valence-corrected chi connectivity index (χ0v) is 20.9. The molecule has 9 heteroatoms. The van der Waals surface area contributed by atoms with Crippen molar-refractivity contribution in [2.24, 2.45) is 5.73 Å². The fourth-order valence-corrected chi connectivity index (χ4v) is 3.59. The van der Waals surface area contributed by atoms with E-state index in [2.05, 4.69) is 12.6 Å². The van der Waals surface area contributed by atoms with Crippen molar-refractivity contribution in [2.75, 3.05) is 26.5 Å².